The lowest BCUT2D eigenvalue weighted by Gasteiger charge is -2.14. The lowest BCUT2D eigenvalue weighted by Crippen LogP contribution is -2.30. The zero-order valence-corrected chi connectivity index (χ0v) is 15.3. The normalized spacial score (nSPS) is 11.8. The molecule has 0 bridgehead atoms. The lowest BCUT2D eigenvalue weighted by atomic mass is 10.2. The number of para-hydroxylation sites is 1. The Morgan fingerprint density at radius 2 is 1.88 bits per heavy atom. The molecule has 0 saturated heterocycles. The minimum absolute atomic E-state index is 0.313. The average molecular weight is 374 g/mol. The summed E-state index contributed by atoms with van der Waals surface area (Å²) in [6.45, 7) is 3.68. The van der Waals surface area contributed by atoms with Crippen LogP contribution >= 0.6 is 22.9 Å². The molecule has 0 aliphatic heterocycles. The number of hydrogen-bond acceptors (Lipinski definition) is 5. The number of aromatic nitrogens is 2. The molecule has 0 unspecified atom stereocenters. The van der Waals surface area contributed by atoms with Crippen molar-refractivity contribution in [1.29, 1.82) is 0 Å². The third kappa shape index (κ3) is 4.35. The Morgan fingerprint density at radius 3 is 2.60 bits per heavy atom. The van der Waals surface area contributed by atoms with E-state index in [9.17, 15) is 4.79 Å². The Labute approximate surface area is 154 Å². The highest BCUT2D eigenvalue weighted by molar-refractivity contribution is 7.18. The van der Waals surface area contributed by atoms with Crippen LogP contribution in [0.4, 0.5) is 5.13 Å². The molecule has 128 valence electrons. The molecule has 7 heteroatoms. The molecule has 0 aliphatic rings. The van der Waals surface area contributed by atoms with Crippen molar-refractivity contribution in [3.05, 3.63) is 59.1 Å². The zero-order valence-electron chi connectivity index (χ0n) is 13.7. The third-order valence-electron chi connectivity index (χ3n) is 3.46. The average Bonchev–Trinajstić information content (AvgIpc) is 3.06. The molecule has 3 rings (SSSR count). The quantitative estimate of drug-likeness (QED) is 0.711. The van der Waals surface area contributed by atoms with E-state index in [1.54, 1.807) is 31.2 Å². The van der Waals surface area contributed by atoms with Crippen LogP contribution in [0.1, 0.15) is 12.5 Å². The minimum Gasteiger partial charge on any atom is -0.479 e. The fourth-order valence-electron chi connectivity index (χ4n) is 2.08. The van der Waals surface area contributed by atoms with E-state index >= 15 is 0 Å². The molecule has 3 aromatic rings. The topological polar surface area (TPSA) is 64.1 Å². The molecule has 25 heavy (non-hydrogen) atoms. The predicted octanol–water partition coefficient (Wildman–Crippen LogP) is 4.57. The zero-order chi connectivity index (χ0) is 17.8. The second-order valence-electron chi connectivity index (χ2n) is 5.46. The summed E-state index contributed by atoms with van der Waals surface area (Å²) < 4.78 is 5.60. The van der Waals surface area contributed by atoms with Gasteiger partial charge in [-0.15, -0.1) is 10.2 Å². The van der Waals surface area contributed by atoms with E-state index in [1.807, 2.05) is 31.2 Å². The van der Waals surface area contributed by atoms with Gasteiger partial charge in [-0.2, -0.15) is 0 Å². The number of hydrogen-bond donors (Lipinski definition) is 1. The van der Waals surface area contributed by atoms with E-state index in [0.29, 0.717) is 15.9 Å². The van der Waals surface area contributed by atoms with Crippen LogP contribution in [0.5, 0.6) is 5.75 Å². The summed E-state index contributed by atoms with van der Waals surface area (Å²) in [5.74, 6) is 0.149. The molecule has 5 nitrogen and oxygen atoms in total. The summed E-state index contributed by atoms with van der Waals surface area (Å²) in [7, 11) is 0. The van der Waals surface area contributed by atoms with E-state index in [1.165, 1.54) is 16.9 Å². The van der Waals surface area contributed by atoms with Gasteiger partial charge in [0.25, 0.3) is 5.91 Å². The highest BCUT2D eigenvalue weighted by atomic mass is 35.5. The van der Waals surface area contributed by atoms with Crippen LogP contribution in [-0.4, -0.2) is 22.2 Å². The number of anilines is 1. The Bertz CT molecular complexity index is 880. The van der Waals surface area contributed by atoms with E-state index < -0.39 is 6.10 Å². The van der Waals surface area contributed by atoms with Gasteiger partial charge in [-0.1, -0.05) is 64.9 Å². The van der Waals surface area contributed by atoms with Gasteiger partial charge < -0.3 is 4.74 Å². The monoisotopic (exact) mass is 373 g/mol. The summed E-state index contributed by atoms with van der Waals surface area (Å²) >= 11 is 7.35. The maximum atomic E-state index is 12.3. The van der Waals surface area contributed by atoms with Crippen LogP contribution in [0.3, 0.4) is 0 Å². The molecular weight excluding hydrogens is 358 g/mol. The van der Waals surface area contributed by atoms with Gasteiger partial charge in [0.15, 0.2) is 6.10 Å². The van der Waals surface area contributed by atoms with Crippen LogP contribution in [-0.2, 0) is 4.79 Å². The largest absolute Gasteiger partial charge is 0.479 e. The fraction of sp³-hybridized carbons (Fsp3) is 0.167. The molecule has 0 fully saturated rings. The number of nitrogens with one attached hydrogen (secondary N) is 1. The van der Waals surface area contributed by atoms with Crippen LogP contribution < -0.4 is 10.1 Å². The van der Waals surface area contributed by atoms with Crippen molar-refractivity contribution in [3.63, 3.8) is 0 Å². The van der Waals surface area contributed by atoms with Gasteiger partial charge in [-0.3, -0.25) is 10.1 Å². The Hall–Kier alpha value is -2.44. The first-order chi connectivity index (χ1) is 12.0. The van der Waals surface area contributed by atoms with Crippen molar-refractivity contribution in [3.8, 4) is 16.3 Å². The van der Waals surface area contributed by atoms with Crippen LogP contribution in [0.25, 0.3) is 10.6 Å². The molecule has 1 N–H and O–H groups in total. The van der Waals surface area contributed by atoms with E-state index in [4.69, 9.17) is 16.3 Å². The van der Waals surface area contributed by atoms with E-state index in [-0.39, 0.29) is 5.91 Å². The summed E-state index contributed by atoms with van der Waals surface area (Å²) in [4.78, 5) is 12.3. The molecule has 0 spiro atoms. The van der Waals surface area contributed by atoms with Crippen molar-refractivity contribution < 1.29 is 9.53 Å². The Balaban J connectivity index is 1.65. The number of carbonyl (C=O) groups excluding carboxylic acids is 1. The second kappa shape index (κ2) is 7.63. The van der Waals surface area contributed by atoms with Crippen molar-refractivity contribution in [2.45, 2.75) is 20.0 Å². The van der Waals surface area contributed by atoms with Crippen molar-refractivity contribution in [1.82, 2.24) is 10.2 Å². The van der Waals surface area contributed by atoms with E-state index in [0.717, 1.165) is 10.6 Å². The van der Waals surface area contributed by atoms with Gasteiger partial charge >= 0.3 is 0 Å². The van der Waals surface area contributed by atoms with Crippen molar-refractivity contribution >= 4 is 34.0 Å². The van der Waals surface area contributed by atoms with Crippen molar-refractivity contribution in [2.24, 2.45) is 0 Å². The number of benzene rings is 2. The second-order valence-corrected chi connectivity index (χ2v) is 6.84. The van der Waals surface area contributed by atoms with Crippen LogP contribution in [0, 0.1) is 6.92 Å². The molecule has 0 saturated carbocycles. The maximum absolute atomic E-state index is 12.3. The number of aryl methyl sites for hydroxylation is 1. The number of ether oxygens (including phenoxy) is 1. The Morgan fingerprint density at radius 1 is 1.16 bits per heavy atom. The highest BCUT2D eigenvalue weighted by Gasteiger charge is 2.18. The minimum atomic E-state index is -0.716. The first-order valence-electron chi connectivity index (χ1n) is 7.65. The van der Waals surface area contributed by atoms with Crippen LogP contribution in [0.2, 0.25) is 5.02 Å². The lowest BCUT2D eigenvalue weighted by molar-refractivity contribution is -0.122. The molecule has 1 heterocycles. The summed E-state index contributed by atoms with van der Waals surface area (Å²) in [5, 5.41) is 12.5. The SMILES string of the molecule is Cc1ccc(-c2nnc(NC(=O)[C@@H](C)Oc3ccccc3Cl)s2)cc1. The molecular formula is C18H16ClN3O2S. The molecule has 0 radical (unpaired) electrons. The van der Waals surface area contributed by atoms with Gasteiger partial charge in [-0.05, 0) is 26.0 Å². The first-order valence-corrected chi connectivity index (χ1v) is 8.85. The first kappa shape index (κ1) is 17.4. The van der Waals surface area contributed by atoms with Gasteiger partial charge in [0.1, 0.15) is 10.8 Å². The number of rotatable bonds is 5. The maximum Gasteiger partial charge on any atom is 0.266 e. The predicted molar refractivity (Wildman–Crippen MR) is 100 cm³/mol. The van der Waals surface area contributed by atoms with Crippen LogP contribution in [0.15, 0.2) is 48.5 Å². The Kier molecular flexibility index (Phi) is 5.31. The van der Waals surface area contributed by atoms with Gasteiger partial charge in [0.05, 0.1) is 5.02 Å². The number of nitrogens with zero attached hydrogens (tertiary/aromatic N) is 2. The number of amides is 1. The van der Waals surface area contributed by atoms with Gasteiger partial charge in [0, 0.05) is 5.56 Å². The third-order valence-corrected chi connectivity index (χ3v) is 4.66. The van der Waals surface area contributed by atoms with Crippen molar-refractivity contribution in [2.75, 3.05) is 5.32 Å². The fourth-order valence-corrected chi connectivity index (χ4v) is 3.01. The summed E-state index contributed by atoms with van der Waals surface area (Å²) in [5.41, 5.74) is 2.14. The standard InChI is InChI=1S/C18H16ClN3O2S/c1-11-7-9-13(10-8-11)17-21-22-18(25-17)20-16(23)12(2)24-15-6-4-3-5-14(15)19/h3-10,12H,1-2H3,(H,20,22,23)/t12-/m1/s1. The molecule has 1 aromatic heterocycles. The van der Waals surface area contributed by atoms with Gasteiger partial charge in [-0.25, -0.2) is 0 Å². The van der Waals surface area contributed by atoms with Gasteiger partial charge in [0.2, 0.25) is 5.13 Å². The summed E-state index contributed by atoms with van der Waals surface area (Å²) in [6.07, 6.45) is -0.716. The number of halogens is 1. The number of carbonyl (C=O) groups is 1. The summed E-state index contributed by atoms with van der Waals surface area (Å²) in [6, 6.07) is 15.0. The highest BCUT2D eigenvalue weighted by Crippen LogP contribution is 2.27. The smallest absolute Gasteiger partial charge is 0.266 e. The molecule has 0 aliphatic carbocycles. The van der Waals surface area contributed by atoms with E-state index in [2.05, 4.69) is 15.5 Å². The molecule has 1 amide bonds. The molecule has 2 aromatic carbocycles. The molecule has 1 atom stereocenters.